The number of nitrogens with one attached hydrogen (secondary N) is 5. The van der Waals surface area contributed by atoms with E-state index in [9.17, 15) is 38.0 Å². The predicted molar refractivity (Wildman–Crippen MR) is 513 cm³/mol. The molecule has 0 saturated heterocycles. The van der Waals surface area contributed by atoms with Gasteiger partial charge in [0.1, 0.15) is 51.7 Å². The van der Waals surface area contributed by atoms with Gasteiger partial charge in [-0.1, -0.05) is 18.2 Å². The molecule has 0 saturated carbocycles. The first-order chi connectivity index (χ1) is 66.0. The fraction of sp³-hybridized carbons (Fsp3) is 0.131. The van der Waals surface area contributed by atoms with E-state index >= 15 is 0 Å². The van der Waals surface area contributed by atoms with E-state index in [1.165, 1.54) is 48.5 Å². The Hall–Kier alpha value is -16.3. The molecule has 17 heterocycles. The first-order valence-corrected chi connectivity index (χ1v) is 44.6. The number of hydrogen-bond donors (Lipinski definition) is 9. The van der Waals surface area contributed by atoms with Crippen molar-refractivity contribution in [2.45, 2.75) is 78.9 Å². The second-order valence-corrected chi connectivity index (χ2v) is 33.4. The fourth-order valence-corrected chi connectivity index (χ4v) is 17.2. The number of H-pyrrole nitrogens is 1. The number of nitrogens with zero attached hydrogens (tertiary/aromatic N) is 21. The molecule has 0 fully saturated rings. The average Bonchev–Trinajstić information content (AvgIpc) is 1.63. The number of aromatic amines is 1. The van der Waals surface area contributed by atoms with E-state index in [1.54, 1.807) is 96.4 Å². The first kappa shape index (κ1) is 88.0. The summed E-state index contributed by atoms with van der Waals surface area (Å²) >= 11 is 3.34. The number of aliphatic imine (C=N–C) groups is 1. The number of benzene rings is 5. The van der Waals surface area contributed by atoms with Gasteiger partial charge in [-0.15, -0.1) is 23.1 Å². The minimum Gasteiger partial charge on any atom is -0.392 e. The monoisotopic (exact) mass is 1840 g/mol. The lowest BCUT2D eigenvalue weighted by Gasteiger charge is -2.18. The number of halogens is 4. The third-order valence-corrected chi connectivity index (χ3v) is 23.9. The number of rotatable bonds is 24. The molecule has 1 aliphatic heterocycles. The number of fused-ring (bicyclic) bond motifs is 6. The van der Waals surface area contributed by atoms with Crippen LogP contribution in [-0.4, -0.2) is 145 Å². The third-order valence-electron chi connectivity index (χ3n) is 22.1. The summed E-state index contributed by atoms with van der Waals surface area (Å²) in [6.07, 6.45) is 18.1. The summed E-state index contributed by atoms with van der Waals surface area (Å²) in [5.74, 6) is 2.33. The normalized spacial score (nSPS) is 12.6. The van der Waals surface area contributed by atoms with Crippen molar-refractivity contribution in [3.8, 4) is 90.6 Å². The molecular formula is C99H82F4N26O4S2. The van der Waals surface area contributed by atoms with Crippen molar-refractivity contribution in [3.05, 3.63) is 348 Å². The van der Waals surface area contributed by atoms with Gasteiger partial charge in [0.25, 0.3) is 0 Å². The number of aromatic nitrogens is 21. The number of aliphatic hydroxyl groups is 4. The Morgan fingerprint density at radius 2 is 0.800 bits per heavy atom. The summed E-state index contributed by atoms with van der Waals surface area (Å²) in [7, 11) is 0. The lowest BCUT2D eigenvalue weighted by Crippen LogP contribution is -2.30. The van der Waals surface area contributed by atoms with Gasteiger partial charge < -0.3 is 46.7 Å². The summed E-state index contributed by atoms with van der Waals surface area (Å²) in [5.41, 5.74) is 21.6. The minimum atomic E-state index is -0.319. The van der Waals surface area contributed by atoms with Crippen LogP contribution in [0.4, 0.5) is 41.4 Å². The maximum absolute atomic E-state index is 13.6. The van der Waals surface area contributed by atoms with Crippen LogP contribution in [-0.2, 0) is 46.1 Å². The Labute approximate surface area is 775 Å². The number of imidazole rings is 6. The number of thioether (sulfide) groups is 1. The lowest BCUT2D eigenvalue weighted by atomic mass is 10.1. The van der Waals surface area contributed by atoms with Gasteiger partial charge in [0.2, 0.25) is 23.8 Å². The van der Waals surface area contributed by atoms with Gasteiger partial charge in [-0.05, 0) is 237 Å². The van der Waals surface area contributed by atoms with Crippen molar-refractivity contribution in [1.82, 2.24) is 102 Å². The van der Waals surface area contributed by atoms with Gasteiger partial charge in [0, 0.05) is 107 Å². The molecule has 22 rings (SSSR count). The molecule has 0 amide bonds. The van der Waals surface area contributed by atoms with Crippen LogP contribution in [0, 0.1) is 30.2 Å². The third kappa shape index (κ3) is 19.7. The number of anilines is 4. The van der Waals surface area contributed by atoms with Crippen LogP contribution in [0.3, 0.4) is 0 Å². The molecule has 2 atom stereocenters. The number of pyridine rings is 5. The van der Waals surface area contributed by atoms with E-state index in [0.29, 0.717) is 112 Å². The van der Waals surface area contributed by atoms with E-state index < -0.39 is 0 Å². The standard InChI is InChI=1S/C26H20FN7O.C25H21FN6O.C24H18FN7OS.C24H23FN6OS/c27-18-7-5-17(6-8-18)24-25(34-12-10-16(15-35)13-23(34)33-24)21-9-11-28-26(32-21)29-14-22-30-19-3-1-2-4-20(19)31-22;1-16-3-2-4-20(29-16)14-28-25-27-11-9-21(30-25)24-23(18-5-7-19(26)8-6-18)31-22-13-17(15-33)10-12-32(22)24;25-17-3-1-16(2-4-17)21-22(32-8-6-15(14-33)11-20(32)30-21)19-5-7-26-23(29-19)27-12-18-13-31-9-10-34-24(31)28-18;1-14(20-13-33-15(2)28-20)27-24-26-9-7-19(29-24)23-22(17-3-5-18(25)6-4-17)30-21-11-16(12-32)8-10-31(21)23/h1-13,35H,14-15H2,(H,30,31)(H,28,29,32);2-13,33H,14-15H2,1H3,(H,27,28,30);1-11,13,33H,12,14H2,(H,26,27,29);3-11,14,20,32H,12-13H2,1-2H3,(H,26,27,29). The zero-order valence-corrected chi connectivity index (χ0v) is 74.0. The topological polar surface area (TPSA) is 373 Å². The molecule has 0 spiro atoms. The molecule has 5 aromatic carbocycles. The quantitative estimate of drug-likeness (QED) is 0.0254. The van der Waals surface area contributed by atoms with Gasteiger partial charge in [-0.25, -0.2) is 87.3 Å². The Balaban J connectivity index is 0.000000116. The van der Waals surface area contributed by atoms with Crippen LogP contribution in [0.25, 0.3) is 129 Å². The second-order valence-electron chi connectivity index (χ2n) is 31.3. The number of hydrogen-bond acceptors (Lipinski definition) is 26. The molecule has 0 aliphatic carbocycles. The Bertz CT molecular complexity index is 7820. The van der Waals surface area contributed by atoms with Crippen LogP contribution in [0.1, 0.15) is 59.0 Å². The SMILES string of the molecule is CC1=NC(C(C)Nc2nccc(-c3c(-c4ccc(F)cc4)nc4cc(CO)ccn34)n2)CS1.Cc1cccc(CNc2nccc(-c3c(-c4ccc(F)cc4)nc4cc(CO)ccn34)n2)n1.OCc1ccn2c(-c3ccnc(NCc4cn5ccsc5n4)n3)c(-c3ccc(F)cc3)nc2c1.OCc1ccn2c(-c3ccnc(NCc4nc5ccccc5[nH]4)n3)c(-c3ccc(F)cc3)nc2c1. The van der Waals surface area contributed by atoms with E-state index in [-0.39, 0.29) is 61.8 Å². The molecule has 0 radical (unpaired) electrons. The number of aryl methyl sites for hydroxylation is 1. The largest absolute Gasteiger partial charge is 0.392 e. The van der Waals surface area contributed by atoms with Crippen LogP contribution < -0.4 is 21.3 Å². The van der Waals surface area contributed by atoms with E-state index in [0.717, 1.165) is 117 Å². The minimum absolute atomic E-state index is 0.0779. The number of para-hydroxylation sites is 2. The van der Waals surface area contributed by atoms with Crippen molar-refractivity contribution in [2.75, 3.05) is 27.0 Å². The van der Waals surface area contributed by atoms with Crippen molar-refractivity contribution >= 4 is 90.5 Å². The van der Waals surface area contributed by atoms with Gasteiger partial charge in [-0.2, -0.15) is 0 Å². The van der Waals surface area contributed by atoms with Gasteiger partial charge >= 0.3 is 0 Å². The van der Waals surface area contributed by atoms with Crippen LogP contribution in [0.15, 0.2) is 285 Å². The molecule has 672 valence electrons. The van der Waals surface area contributed by atoms with Crippen molar-refractivity contribution in [3.63, 3.8) is 0 Å². The molecule has 21 aromatic rings. The smallest absolute Gasteiger partial charge is 0.223 e. The molecule has 9 N–H and O–H groups in total. The maximum atomic E-state index is 13.6. The van der Waals surface area contributed by atoms with E-state index in [1.807, 2.05) is 194 Å². The second kappa shape index (κ2) is 39.4. The van der Waals surface area contributed by atoms with E-state index in [2.05, 4.69) is 73.1 Å². The Morgan fingerprint density at radius 1 is 0.407 bits per heavy atom. The zero-order valence-electron chi connectivity index (χ0n) is 72.4. The molecule has 30 nitrogen and oxygen atoms in total. The van der Waals surface area contributed by atoms with Crippen LogP contribution >= 0.6 is 23.1 Å². The predicted octanol–water partition coefficient (Wildman–Crippen LogP) is 17.8. The highest BCUT2D eigenvalue weighted by molar-refractivity contribution is 8.14. The molecular weight excluding hydrogens is 1760 g/mol. The molecule has 2 unspecified atom stereocenters. The maximum Gasteiger partial charge on any atom is 0.223 e. The fourth-order valence-electron chi connectivity index (χ4n) is 15.5. The zero-order chi connectivity index (χ0) is 92.6. The van der Waals surface area contributed by atoms with Crippen molar-refractivity contribution in [1.29, 1.82) is 0 Å². The first-order valence-electron chi connectivity index (χ1n) is 42.8. The summed E-state index contributed by atoms with van der Waals surface area (Å²) < 4.78 is 63.9. The summed E-state index contributed by atoms with van der Waals surface area (Å²) in [6.45, 7) is 7.12. The summed E-state index contributed by atoms with van der Waals surface area (Å²) in [4.78, 5) is 78.1. The Kier molecular flexibility index (Phi) is 25.7. The van der Waals surface area contributed by atoms with Crippen LogP contribution in [0.2, 0.25) is 0 Å². The van der Waals surface area contributed by atoms with Gasteiger partial charge in [0.05, 0.1) is 148 Å². The Morgan fingerprint density at radius 3 is 1.19 bits per heavy atom. The van der Waals surface area contributed by atoms with E-state index in [4.69, 9.17) is 39.9 Å². The van der Waals surface area contributed by atoms with Crippen LogP contribution in [0.5, 0.6) is 0 Å². The lowest BCUT2D eigenvalue weighted by molar-refractivity contribution is 0.281. The van der Waals surface area contributed by atoms with Crippen molar-refractivity contribution < 1.29 is 38.0 Å². The molecule has 36 heteroatoms. The number of aliphatic hydroxyl groups excluding tert-OH is 4. The highest BCUT2D eigenvalue weighted by Crippen LogP contribution is 2.39. The molecule has 16 aromatic heterocycles. The molecule has 0 bridgehead atoms. The highest BCUT2D eigenvalue weighted by atomic mass is 32.2. The average molecular weight is 1840 g/mol. The summed E-state index contributed by atoms with van der Waals surface area (Å²) in [5, 5.41) is 54.4. The molecule has 135 heavy (non-hydrogen) atoms. The van der Waals surface area contributed by atoms with Gasteiger partial charge in [-0.3, -0.25) is 32.0 Å². The highest BCUT2D eigenvalue weighted by Gasteiger charge is 2.27. The van der Waals surface area contributed by atoms with Crippen molar-refractivity contribution in [2.24, 2.45) is 4.99 Å². The summed E-state index contributed by atoms with van der Waals surface area (Å²) in [6, 6.07) is 60.7. The molecule has 1 aliphatic rings. The van der Waals surface area contributed by atoms with Gasteiger partial charge in [0.15, 0.2) is 4.96 Å². The number of thiazole rings is 1.